The third-order valence-electron chi connectivity index (χ3n) is 6.81. The first-order valence-electron chi connectivity index (χ1n) is 14.0. The molecule has 0 radical (unpaired) electrons. The number of carboxylic acid groups (broad SMARTS) is 1. The molecule has 3 aromatic rings. The maximum Gasteiger partial charge on any atom is 1.00 e. The Labute approximate surface area is 297 Å². The Balaban J connectivity index is 0.00000506. The van der Waals surface area contributed by atoms with Crippen molar-refractivity contribution in [2.45, 2.75) is 83.1 Å². The molecule has 0 spiro atoms. The Morgan fingerprint density at radius 1 is 1.23 bits per heavy atom. The molecule has 3 unspecified atom stereocenters. The molecular formula is C29H37KN6O6S. The molecule has 0 aliphatic carbocycles. The van der Waals surface area contributed by atoms with Crippen molar-refractivity contribution in [3.05, 3.63) is 36.4 Å². The number of hydrogen-bond donors (Lipinski definition) is 1. The number of ether oxygens (including phenoxy) is 2. The molecule has 12 nitrogen and oxygen atoms in total. The van der Waals surface area contributed by atoms with Gasteiger partial charge < -0.3 is 29.6 Å². The van der Waals surface area contributed by atoms with E-state index in [1.807, 2.05) is 17.5 Å². The van der Waals surface area contributed by atoms with Crippen LogP contribution in [0.5, 0.6) is 5.88 Å². The number of alkyl carbamates (subject to hydrolysis) is 1. The molecule has 1 N–H and O–H groups in total. The maximum atomic E-state index is 13.8. The van der Waals surface area contributed by atoms with Crippen molar-refractivity contribution < 1.29 is 80.3 Å². The number of carboxylic acids is 1. The summed E-state index contributed by atoms with van der Waals surface area (Å²) in [5, 5.41) is 20.9. The van der Waals surface area contributed by atoms with Gasteiger partial charge in [0.1, 0.15) is 28.1 Å². The van der Waals surface area contributed by atoms with Crippen LogP contribution >= 0.6 is 11.3 Å². The number of unbranched alkanes of at least 4 members (excludes halogenated alkanes) is 3. The Bertz CT molecular complexity index is 1440. The van der Waals surface area contributed by atoms with Gasteiger partial charge in [0.05, 0.1) is 24.1 Å². The van der Waals surface area contributed by atoms with E-state index in [1.165, 1.54) is 16.2 Å². The molecule has 0 saturated carbocycles. The van der Waals surface area contributed by atoms with E-state index in [1.54, 1.807) is 44.8 Å². The summed E-state index contributed by atoms with van der Waals surface area (Å²) in [6.07, 6.45) is 5.61. The minimum Gasteiger partial charge on any atom is -0.548 e. The van der Waals surface area contributed by atoms with Crippen molar-refractivity contribution in [2.75, 3.05) is 6.54 Å². The zero-order valence-corrected chi connectivity index (χ0v) is 29.3. The molecule has 2 amide bonds. The third-order valence-corrected chi connectivity index (χ3v) is 7.70. The van der Waals surface area contributed by atoms with Gasteiger partial charge >= 0.3 is 57.5 Å². The van der Waals surface area contributed by atoms with Gasteiger partial charge in [-0.05, 0) is 57.5 Å². The van der Waals surface area contributed by atoms with Gasteiger partial charge in [0.15, 0.2) is 5.82 Å². The molecule has 0 bridgehead atoms. The number of aliphatic carboxylic acids is 1. The Kier molecular flexibility index (Phi) is 12.7. The molecule has 43 heavy (non-hydrogen) atoms. The summed E-state index contributed by atoms with van der Waals surface area (Å²) >= 11 is 1.40. The van der Waals surface area contributed by atoms with Crippen LogP contribution in [-0.4, -0.2) is 73.0 Å². The molecule has 0 aromatic carbocycles. The van der Waals surface area contributed by atoms with Gasteiger partial charge in [0.25, 0.3) is 0 Å². The summed E-state index contributed by atoms with van der Waals surface area (Å²) in [5.74, 6) is -1.20. The summed E-state index contributed by atoms with van der Waals surface area (Å²) in [4.78, 5) is 49.0. The number of likely N-dealkylation sites (tertiary alicyclic amines) is 1. The summed E-state index contributed by atoms with van der Waals surface area (Å²) < 4.78 is 14.0. The molecule has 1 fully saturated rings. The van der Waals surface area contributed by atoms with E-state index in [9.17, 15) is 19.5 Å². The minimum absolute atomic E-state index is 0. The minimum atomic E-state index is -1.39. The van der Waals surface area contributed by atoms with Gasteiger partial charge in [-0.25, -0.2) is 9.78 Å². The van der Waals surface area contributed by atoms with E-state index >= 15 is 0 Å². The van der Waals surface area contributed by atoms with Gasteiger partial charge in [-0.3, -0.25) is 9.48 Å². The molecular weight excluding hydrogens is 600 g/mol. The number of nitrogens with zero attached hydrogens (tertiary/aromatic N) is 5. The molecule has 226 valence electrons. The molecule has 1 saturated heterocycles. The van der Waals surface area contributed by atoms with Crippen LogP contribution in [0.25, 0.3) is 21.7 Å². The summed E-state index contributed by atoms with van der Waals surface area (Å²) in [5.41, 5.74) is 0.607. The van der Waals surface area contributed by atoms with Crippen molar-refractivity contribution in [3.8, 4) is 17.4 Å². The predicted octanol–water partition coefficient (Wildman–Crippen LogP) is 0.224. The fourth-order valence-electron chi connectivity index (χ4n) is 4.85. The monoisotopic (exact) mass is 636 g/mol. The van der Waals surface area contributed by atoms with Crippen molar-refractivity contribution in [1.82, 2.24) is 30.0 Å². The van der Waals surface area contributed by atoms with Crippen LogP contribution in [0, 0.1) is 0 Å². The number of allylic oxidation sites excluding steroid dienone is 1. The van der Waals surface area contributed by atoms with E-state index in [4.69, 9.17) is 9.47 Å². The van der Waals surface area contributed by atoms with E-state index in [-0.39, 0.29) is 64.4 Å². The number of nitrogens with one attached hydrogen (secondary N) is 1. The second-order valence-corrected chi connectivity index (χ2v) is 12.2. The second-order valence-electron chi connectivity index (χ2n) is 11.3. The SMILES string of the molecule is C=CCCCCCC(NC(=O)OC(C)(C)C)C(=O)N1CC(Oc2nc(-c3ccnn3C)nc3ccsc23)CC1C(=O)[O-].[K+]. The van der Waals surface area contributed by atoms with Crippen LogP contribution in [0.3, 0.4) is 0 Å². The van der Waals surface area contributed by atoms with Crippen LogP contribution in [0.1, 0.15) is 59.3 Å². The maximum absolute atomic E-state index is 13.8. The van der Waals surface area contributed by atoms with Crippen LogP contribution in [-0.2, 0) is 21.4 Å². The van der Waals surface area contributed by atoms with Crippen molar-refractivity contribution >= 4 is 39.5 Å². The van der Waals surface area contributed by atoms with E-state index < -0.39 is 41.8 Å². The number of aryl methyl sites for hydroxylation is 1. The number of hydrogen-bond acceptors (Lipinski definition) is 10. The number of fused-ring (bicyclic) bond motifs is 1. The number of carbonyl (C=O) groups excluding carboxylic acids is 3. The predicted molar refractivity (Wildman–Crippen MR) is 156 cm³/mol. The second kappa shape index (κ2) is 15.6. The van der Waals surface area contributed by atoms with Gasteiger partial charge in [-0.15, -0.1) is 17.9 Å². The normalized spacial score (nSPS) is 17.3. The van der Waals surface area contributed by atoms with E-state index in [2.05, 4.69) is 27.0 Å². The van der Waals surface area contributed by atoms with Crippen molar-refractivity contribution in [3.63, 3.8) is 0 Å². The zero-order chi connectivity index (χ0) is 30.4. The first-order valence-corrected chi connectivity index (χ1v) is 14.9. The first-order chi connectivity index (χ1) is 20.0. The largest absolute Gasteiger partial charge is 1.00 e. The molecule has 1 aliphatic heterocycles. The van der Waals surface area contributed by atoms with Gasteiger partial charge in [0.2, 0.25) is 11.8 Å². The van der Waals surface area contributed by atoms with Crippen LogP contribution < -0.4 is 66.5 Å². The molecule has 1 aliphatic rings. The van der Waals surface area contributed by atoms with Crippen molar-refractivity contribution in [1.29, 1.82) is 0 Å². The molecule has 3 aromatic heterocycles. The first kappa shape index (κ1) is 35.1. The molecule has 3 atom stereocenters. The van der Waals surface area contributed by atoms with Crippen LogP contribution in [0.15, 0.2) is 36.4 Å². The average Bonchev–Trinajstić information content (AvgIpc) is 3.66. The summed E-state index contributed by atoms with van der Waals surface area (Å²) in [7, 11) is 1.78. The van der Waals surface area contributed by atoms with Gasteiger partial charge in [0, 0.05) is 19.7 Å². The van der Waals surface area contributed by atoms with E-state index in [0.717, 1.165) is 19.3 Å². The molecule has 14 heteroatoms. The Hall–Kier alpha value is -2.36. The zero-order valence-electron chi connectivity index (χ0n) is 25.4. The number of carbonyl (C=O) groups is 3. The van der Waals surface area contributed by atoms with Gasteiger partial charge in [-0.2, -0.15) is 10.1 Å². The van der Waals surface area contributed by atoms with E-state index in [0.29, 0.717) is 40.5 Å². The van der Waals surface area contributed by atoms with Crippen molar-refractivity contribution in [2.24, 2.45) is 7.05 Å². The standard InChI is InChI=1S/C29H38N6O6S.K/c1-6-7-8-9-10-11-20(32-28(39)41-29(2,3)4)26(36)35-17-18(16-22(35)27(37)38)40-25-23-19(13-15-42-23)31-24(33-25)21-12-14-30-34(21)5;/h6,12-15,18,20,22H,1,7-11,16-17H2,2-5H3,(H,32,39)(H,37,38);/q;+1/p-1. The molecule has 4 heterocycles. The Morgan fingerprint density at radius 3 is 2.65 bits per heavy atom. The quantitative estimate of drug-likeness (QED) is 0.167. The average molecular weight is 637 g/mol. The fraction of sp³-hybridized carbons (Fsp3) is 0.517. The number of amides is 2. The topological polar surface area (TPSA) is 152 Å². The Morgan fingerprint density at radius 2 is 2.00 bits per heavy atom. The molecule has 4 rings (SSSR count). The summed E-state index contributed by atoms with van der Waals surface area (Å²) in [6.45, 7) is 8.89. The number of rotatable bonds is 12. The van der Waals surface area contributed by atoms with Gasteiger partial charge in [-0.1, -0.05) is 18.9 Å². The number of thiophene rings is 1. The smallest absolute Gasteiger partial charge is 0.548 e. The van der Waals surface area contributed by atoms with Crippen LogP contribution in [0.2, 0.25) is 0 Å². The third kappa shape index (κ3) is 9.31. The fourth-order valence-corrected chi connectivity index (χ4v) is 5.62. The van der Waals surface area contributed by atoms with Crippen LogP contribution in [0.4, 0.5) is 4.79 Å². The summed E-state index contributed by atoms with van der Waals surface area (Å²) in [6, 6.07) is 1.44. The number of aromatic nitrogens is 4.